The Morgan fingerprint density at radius 1 is 1.45 bits per heavy atom. The Hall–Kier alpha value is -0.660. The van der Waals surface area contributed by atoms with Crippen LogP contribution in [0.5, 0.6) is 0 Å². The summed E-state index contributed by atoms with van der Waals surface area (Å²) in [5.41, 5.74) is 0.402. The average molecular weight is 320 g/mol. The highest BCUT2D eigenvalue weighted by Gasteiger charge is 2.18. The van der Waals surface area contributed by atoms with Crippen molar-refractivity contribution >= 4 is 21.6 Å². The van der Waals surface area contributed by atoms with Gasteiger partial charge in [-0.05, 0) is 42.5 Å². The van der Waals surface area contributed by atoms with Gasteiger partial charge in [0.05, 0.1) is 11.5 Å². The van der Waals surface area contributed by atoms with Crippen molar-refractivity contribution in [3.8, 4) is 0 Å². The minimum Gasteiger partial charge on any atom is -0.392 e. The van der Waals surface area contributed by atoms with Crippen LogP contribution in [-0.4, -0.2) is 33.3 Å². The van der Waals surface area contributed by atoms with Crippen LogP contribution in [-0.2, 0) is 21.4 Å². The van der Waals surface area contributed by atoms with Gasteiger partial charge in [0.1, 0.15) is 0 Å². The number of hydrogen-bond acceptors (Lipinski definition) is 4. The number of ether oxygens (including phenoxy) is 1. The molecule has 0 aliphatic carbocycles. The van der Waals surface area contributed by atoms with E-state index in [0.29, 0.717) is 29.7 Å². The molecule has 1 aliphatic rings. The third kappa shape index (κ3) is 3.93. The lowest BCUT2D eigenvalue weighted by Crippen LogP contribution is -2.26. The van der Waals surface area contributed by atoms with Crippen LogP contribution >= 0.6 is 11.6 Å². The molecule has 1 aromatic rings. The zero-order chi connectivity index (χ0) is 14.6. The van der Waals surface area contributed by atoms with Gasteiger partial charge in [-0.2, -0.15) is 0 Å². The standard InChI is InChI=1S/C13H18ClNO4S/c14-13-2-1-12(7-11(13)8-16)20(17,18)15-5-3-10-4-6-19-9-10/h1-2,7,10,15-16H,3-6,8-9H2. The zero-order valence-electron chi connectivity index (χ0n) is 11.0. The van der Waals surface area contributed by atoms with Crippen LogP contribution in [0.1, 0.15) is 18.4 Å². The molecule has 1 fully saturated rings. The highest BCUT2D eigenvalue weighted by atomic mass is 35.5. The fraction of sp³-hybridized carbons (Fsp3) is 0.538. The van der Waals surface area contributed by atoms with E-state index in [1.165, 1.54) is 18.2 Å². The molecule has 0 amide bonds. The Kier molecular flexibility index (Phi) is 5.40. The van der Waals surface area contributed by atoms with Crippen molar-refractivity contribution < 1.29 is 18.3 Å². The Balaban J connectivity index is 1.98. The molecule has 0 saturated carbocycles. The smallest absolute Gasteiger partial charge is 0.240 e. The van der Waals surface area contributed by atoms with Gasteiger partial charge in [0, 0.05) is 24.8 Å². The van der Waals surface area contributed by atoms with Crippen LogP contribution in [0.25, 0.3) is 0 Å². The first-order valence-corrected chi connectivity index (χ1v) is 8.36. The van der Waals surface area contributed by atoms with E-state index in [1.54, 1.807) is 0 Å². The fourth-order valence-electron chi connectivity index (χ4n) is 2.13. The van der Waals surface area contributed by atoms with Crippen LogP contribution in [0.15, 0.2) is 23.1 Å². The minimum atomic E-state index is -3.56. The molecule has 1 saturated heterocycles. The molecule has 2 N–H and O–H groups in total. The van der Waals surface area contributed by atoms with Gasteiger partial charge in [0.2, 0.25) is 10.0 Å². The Labute approximate surface area is 124 Å². The number of rotatable bonds is 6. The molecular weight excluding hydrogens is 302 g/mol. The Bertz CT molecular complexity index is 555. The summed E-state index contributed by atoms with van der Waals surface area (Å²) >= 11 is 5.85. The summed E-state index contributed by atoms with van der Waals surface area (Å²) in [7, 11) is -3.56. The molecule has 2 rings (SSSR count). The van der Waals surface area contributed by atoms with Crippen LogP contribution in [0.4, 0.5) is 0 Å². The number of benzene rings is 1. The van der Waals surface area contributed by atoms with Crippen molar-refractivity contribution in [1.29, 1.82) is 0 Å². The zero-order valence-corrected chi connectivity index (χ0v) is 12.6. The lowest BCUT2D eigenvalue weighted by molar-refractivity contribution is 0.184. The predicted octanol–water partition coefficient (Wildman–Crippen LogP) is 1.54. The first kappa shape index (κ1) is 15.7. The second-order valence-electron chi connectivity index (χ2n) is 4.83. The third-order valence-electron chi connectivity index (χ3n) is 3.37. The van der Waals surface area contributed by atoms with E-state index in [0.717, 1.165) is 19.4 Å². The number of sulfonamides is 1. The molecule has 20 heavy (non-hydrogen) atoms. The lowest BCUT2D eigenvalue weighted by atomic mass is 10.1. The third-order valence-corrected chi connectivity index (χ3v) is 5.19. The normalized spacial score (nSPS) is 19.4. The first-order valence-electron chi connectivity index (χ1n) is 6.49. The number of halogens is 1. The number of hydrogen-bond donors (Lipinski definition) is 2. The molecule has 0 spiro atoms. The summed E-state index contributed by atoms with van der Waals surface area (Å²) in [6.07, 6.45) is 1.75. The fourth-order valence-corrected chi connectivity index (χ4v) is 3.41. The molecule has 112 valence electrons. The predicted molar refractivity (Wildman–Crippen MR) is 76.1 cm³/mol. The monoisotopic (exact) mass is 319 g/mol. The molecule has 1 aliphatic heterocycles. The van der Waals surface area contributed by atoms with E-state index in [4.69, 9.17) is 21.4 Å². The summed E-state index contributed by atoms with van der Waals surface area (Å²) in [6, 6.07) is 4.30. The van der Waals surface area contributed by atoms with E-state index >= 15 is 0 Å². The molecule has 5 nitrogen and oxygen atoms in total. The van der Waals surface area contributed by atoms with Crippen molar-refractivity contribution in [2.45, 2.75) is 24.3 Å². The van der Waals surface area contributed by atoms with Crippen molar-refractivity contribution in [2.24, 2.45) is 5.92 Å². The summed E-state index contributed by atoms with van der Waals surface area (Å²) in [6.45, 7) is 1.56. The van der Waals surface area contributed by atoms with Crippen LogP contribution < -0.4 is 4.72 Å². The second kappa shape index (κ2) is 6.87. The largest absolute Gasteiger partial charge is 0.392 e. The molecule has 7 heteroatoms. The van der Waals surface area contributed by atoms with Crippen molar-refractivity contribution in [3.05, 3.63) is 28.8 Å². The second-order valence-corrected chi connectivity index (χ2v) is 7.00. The van der Waals surface area contributed by atoms with Crippen molar-refractivity contribution in [3.63, 3.8) is 0 Å². The van der Waals surface area contributed by atoms with Gasteiger partial charge in [0.15, 0.2) is 0 Å². The van der Waals surface area contributed by atoms with Gasteiger partial charge < -0.3 is 9.84 Å². The molecule has 0 bridgehead atoms. The molecular formula is C13H18ClNO4S. The molecule has 1 aromatic carbocycles. The number of aliphatic hydroxyl groups excluding tert-OH is 1. The SMILES string of the molecule is O=S(=O)(NCCC1CCOC1)c1ccc(Cl)c(CO)c1. The van der Waals surface area contributed by atoms with Gasteiger partial charge in [-0.1, -0.05) is 11.6 Å². The Morgan fingerprint density at radius 3 is 2.90 bits per heavy atom. The lowest BCUT2D eigenvalue weighted by Gasteiger charge is -2.10. The van der Waals surface area contributed by atoms with Gasteiger partial charge in [-0.15, -0.1) is 0 Å². The summed E-state index contributed by atoms with van der Waals surface area (Å²) in [5.74, 6) is 0.427. The molecule has 0 aromatic heterocycles. The van der Waals surface area contributed by atoms with Crippen LogP contribution in [0, 0.1) is 5.92 Å². The molecule has 0 radical (unpaired) electrons. The summed E-state index contributed by atoms with van der Waals surface area (Å²) < 4.78 is 32.0. The quantitative estimate of drug-likeness (QED) is 0.834. The van der Waals surface area contributed by atoms with Crippen LogP contribution in [0.3, 0.4) is 0 Å². The maximum absolute atomic E-state index is 12.1. The Morgan fingerprint density at radius 2 is 2.25 bits per heavy atom. The maximum Gasteiger partial charge on any atom is 0.240 e. The number of nitrogens with one attached hydrogen (secondary N) is 1. The van der Waals surface area contributed by atoms with E-state index in [1.807, 2.05) is 0 Å². The summed E-state index contributed by atoms with van der Waals surface area (Å²) in [5, 5.41) is 9.47. The average Bonchev–Trinajstić information content (AvgIpc) is 2.92. The highest BCUT2D eigenvalue weighted by Crippen LogP contribution is 2.21. The van der Waals surface area contributed by atoms with Crippen molar-refractivity contribution in [1.82, 2.24) is 4.72 Å². The minimum absolute atomic E-state index is 0.119. The topological polar surface area (TPSA) is 75.6 Å². The van der Waals surface area contributed by atoms with Crippen LogP contribution in [0.2, 0.25) is 5.02 Å². The van der Waals surface area contributed by atoms with E-state index in [9.17, 15) is 8.42 Å². The maximum atomic E-state index is 12.1. The molecule has 1 atom stereocenters. The van der Waals surface area contributed by atoms with E-state index in [-0.39, 0.29) is 11.5 Å². The first-order chi connectivity index (χ1) is 9.53. The van der Waals surface area contributed by atoms with E-state index < -0.39 is 10.0 Å². The number of aliphatic hydroxyl groups is 1. The molecule has 1 unspecified atom stereocenters. The van der Waals surface area contributed by atoms with E-state index in [2.05, 4.69) is 4.72 Å². The van der Waals surface area contributed by atoms with Gasteiger partial charge in [-0.25, -0.2) is 13.1 Å². The van der Waals surface area contributed by atoms with Gasteiger partial charge in [-0.3, -0.25) is 0 Å². The van der Waals surface area contributed by atoms with Crippen molar-refractivity contribution in [2.75, 3.05) is 19.8 Å². The molecule has 1 heterocycles. The van der Waals surface area contributed by atoms with Gasteiger partial charge in [0.25, 0.3) is 0 Å². The van der Waals surface area contributed by atoms with Gasteiger partial charge >= 0.3 is 0 Å². The highest BCUT2D eigenvalue weighted by molar-refractivity contribution is 7.89. The summed E-state index contributed by atoms with van der Waals surface area (Å²) in [4.78, 5) is 0.119.